The third kappa shape index (κ3) is 3.72. The third-order valence-corrected chi connectivity index (χ3v) is 8.26. The van der Waals surface area contributed by atoms with Crippen molar-refractivity contribution in [3.05, 3.63) is 41.2 Å². The summed E-state index contributed by atoms with van der Waals surface area (Å²) in [6.45, 7) is 6.74. The molecule has 8 nitrogen and oxygen atoms in total. The van der Waals surface area contributed by atoms with Crippen LogP contribution < -0.4 is 15.0 Å². The van der Waals surface area contributed by atoms with Crippen molar-refractivity contribution in [3.63, 3.8) is 0 Å². The van der Waals surface area contributed by atoms with Gasteiger partial charge in [0.15, 0.2) is 5.75 Å². The molecule has 0 bridgehead atoms. The maximum atomic E-state index is 12.8. The predicted octanol–water partition coefficient (Wildman–Crippen LogP) is 2.85. The molecule has 0 radical (unpaired) electrons. The van der Waals surface area contributed by atoms with Gasteiger partial charge in [-0.2, -0.15) is 0 Å². The number of likely N-dealkylation sites (tertiary alicyclic amines) is 1. The van der Waals surface area contributed by atoms with Crippen molar-refractivity contribution in [2.24, 2.45) is 5.41 Å². The molecule has 180 valence electrons. The van der Waals surface area contributed by atoms with Gasteiger partial charge in [-0.15, -0.1) is 0 Å². The van der Waals surface area contributed by atoms with Gasteiger partial charge in [0.05, 0.1) is 23.4 Å². The lowest BCUT2D eigenvalue weighted by Gasteiger charge is -2.61. The molecule has 2 spiro atoms. The van der Waals surface area contributed by atoms with Crippen molar-refractivity contribution in [1.82, 2.24) is 14.9 Å². The second-order valence-electron chi connectivity index (χ2n) is 10.8. The summed E-state index contributed by atoms with van der Waals surface area (Å²) in [4.78, 5) is 26.2. The normalized spacial score (nSPS) is 23.9. The molecular weight excluding hydrogens is 454 g/mol. The van der Waals surface area contributed by atoms with Gasteiger partial charge >= 0.3 is 0 Å². The number of anilines is 2. The molecule has 2 N–H and O–H groups in total. The van der Waals surface area contributed by atoms with Gasteiger partial charge in [-0.3, -0.25) is 9.69 Å². The molecule has 1 saturated carbocycles. The largest absolute Gasteiger partial charge is 0.489 e. The summed E-state index contributed by atoms with van der Waals surface area (Å²) >= 11 is 6.21. The number of hydrogen-bond donors (Lipinski definition) is 2. The van der Waals surface area contributed by atoms with Crippen LogP contribution in [0.3, 0.4) is 0 Å². The molecule has 2 saturated heterocycles. The van der Waals surface area contributed by atoms with Crippen LogP contribution >= 0.6 is 11.6 Å². The molecule has 0 atom stereocenters. The van der Waals surface area contributed by atoms with E-state index in [0.717, 1.165) is 75.6 Å². The Labute approximate surface area is 204 Å². The molecule has 3 fully saturated rings. The van der Waals surface area contributed by atoms with Gasteiger partial charge < -0.3 is 20.1 Å². The van der Waals surface area contributed by atoms with Gasteiger partial charge in [-0.1, -0.05) is 11.6 Å². The fourth-order valence-electron chi connectivity index (χ4n) is 6.57. The topological polar surface area (TPSA) is 90.8 Å². The van der Waals surface area contributed by atoms with Crippen molar-refractivity contribution in [1.29, 1.82) is 0 Å². The number of rotatable bonds is 5. The lowest BCUT2D eigenvalue weighted by molar-refractivity contribution is -0.127. The van der Waals surface area contributed by atoms with E-state index in [1.807, 2.05) is 25.1 Å². The first-order valence-electron chi connectivity index (χ1n) is 12.0. The van der Waals surface area contributed by atoms with Gasteiger partial charge in [0, 0.05) is 35.8 Å². The van der Waals surface area contributed by atoms with Crippen LogP contribution in [0.15, 0.2) is 30.6 Å². The zero-order valence-electron chi connectivity index (χ0n) is 19.4. The summed E-state index contributed by atoms with van der Waals surface area (Å²) in [5, 5.41) is 13.7. The first kappa shape index (κ1) is 22.1. The Morgan fingerprint density at radius 3 is 2.56 bits per heavy atom. The summed E-state index contributed by atoms with van der Waals surface area (Å²) in [6.07, 6.45) is 6.74. The van der Waals surface area contributed by atoms with E-state index in [0.29, 0.717) is 17.4 Å². The number of carbonyl (C=O) groups excluding carboxylic acids is 1. The van der Waals surface area contributed by atoms with Crippen LogP contribution in [-0.4, -0.2) is 70.8 Å². The van der Waals surface area contributed by atoms with Gasteiger partial charge in [0.2, 0.25) is 11.9 Å². The molecule has 34 heavy (non-hydrogen) atoms. The number of carbonyl (C=O) groups is 1. The summed E-state index contributed by atoms with van der Waals surface area (Å²) in [5.41, 5.74) is 1.21. The third-order valence-electron chi connectivity index (χ3n) is 8.03. The van der Waals surface area contributed by atoms with Gasteiger partial charge in [0.1, 0.15) is 6.61 Å². The monoisotopic (exact) mass is 483 g/mol. The molecule has 6 rings (SSSR count). The zero-order chi connectivity index (χ0) is 23.6. The quantitative estimate of drug-likeness (QED) is 0.675. The lowest BCUT2D eigenvalue weighted by atomic mass is 9.56. The molecule has 0 unspecified atom stereocenters. The predicted molar refractivity (Wildman–Crippen MR) is 129 cm³/mol. The number of ether oxygens (including phenoxy) is 1. The number of aliphatic hydroxyl groups is 1. The van der Waals surface area contributed by atoms with Gasteiger partial charge in [-0.25, -0.2) is 9.97 Å². The number of nitrogens with zero attached hydrogens (tertiary/aromatic N) is 4. The highest BCUT2D eigenvalue weighted by molar-refractivity contribution is 6.31. The second kappa shape index (κ2) is 7.80. The number of halogens is 1. The van der Waals surface area contributed by atoms with E-state index in [2.05, 4.69) is 25.1 Å². The first-order valence-corrected chi connectivity index (χ1v) is 12.4. The number of benzene rings is 1. The highest BCUT2D eigenvalue weighted by Crippen LogP contribution is 2.54. The number of nitrogens with one attached hydrogen (secondary N) is 1. The number of hydrogen-bond acceptors (Lipinski definition) is 7. The van der Waals surface area contributed by atoms with Crippen LogP contribution in [0.25, 0.3) is 0 Å². The Balaban J connectivity index is 0.971. The maximum absolute atomic E-state index is 12.8. The SMILES string of the molecule is CC1(O)CC2(CN(c3ncc(OCCN4CCC5(CC4)C(=O)Nc4ccc(Cl)cc45)cn3)C2)C1. The van der Waals surface area contributed by atoms with E-state index in [1.165, 1.54) is 0 Å². The number of amides is 1. The molecule has 4 aliphatic rings. The Bertz CT molecular complexity index is 1100. The smallest absolute Gasteiger partial charge is 0.235 e. The average molecular weight is 484 g/mol. The van der Waals surface area contributed by atoms with E-state index >= 15 is 0 Å². The van der Waals surface area contributed by atoms with E-state index in [-0.39, 0.29) is 11.3 Å². The van der Waals surface area contributed by atoms with Crippen molar-refractivity contribution in [3.8, 4) is 5.75 Å². The van der Waals surface area contributed by atoms with E-state index in [9.17, 15) is 9.90 Å². The molecule has 1 aliphatic carbocycles. The molecular formula is C25H30ClN5O3. The van der Waals surface area contributed by atoms with E-state index < -0.39 is 11.0 Å². The molecule has 2 aromatic rings. The minimum absolute atomic E-state index is 0.0914. The van der Waals surface area contributed by atoms with Crippen LogP contribution in [0.1, 0.15) is 38.2 Å². The fourth-order valence-corrected chi connectivity index (χ4v) is 6.74. The van der Waals surface area contributed by atoms with E-state index in [4.69, 9.17) is 16.3 Å². The molecule has 1 amide bonds. The van der Waals surface area contributed by atoms with Gasteiger partial charge in [0.25, 0.3) is 0 Å². The number of piperidine rings is 1. The van der Waals surface area contributed by atoms with Crippen molar-refractivity contribution in [2.75, 3.05) is 49.5 Å². The molecule has 3 aliphatic heterocycles. The zero-order valence-corrected chi connectivity index (χ0v) is 20.1. The second-order valence-corrected chi connectivity index (χ2v) is 11.3. The highest BCUT2D eigenvalue weighted by atomic mass is 35.5. The molecule has 9 heteroatoms. The number of fused-ring (bicyclic) bond motifs is 2. The summed E-state index contributed by atoms with van der Waals surface area (Å²) in [5.74, 6) is 1.48. The minimum Gasteiger partial charge on any atom is -0.489 e. The van der Waals surface area contributed by atoms with Crippen LogP contribution in [0.4, 0.5) is 11.6 Å². The summed E-state index contributed by atoms with van der Waals surface area (Å²) in [6, 6.07) is 5.66. The number of aromatic nitrogens is 2. The maximum Gasteiger partial charge on any atom is 0.235 e. The van der Waals surface area contributed by atoms with Gasteiger partial charge in [-0.05, 0) is 69.5 Å². The standard InChI is InChI=1S/C25H30ClN5O3/c1-23(33)13-24(14-23)15-31(16-24)22-27-11-18(12-28-22)34-9-8-30-6-4-25(5-7-30)19-10-17(26)2-3-20(19)29-21(25)32/h2-3,10-12,33H,4-9,13-16H2,1H3,(H,29,32). The van der Waals surface area contributed by atoms with Crippen molar-refractivity contribution in [2.45, 2.75) is 43.6 Å². The highest BCUT2D eigenvalue weighted by Gasteiger charge is 2.57. The minimum atomic E-state index is -0.499. The van der Waals surface area contributed by atoms with Crippen LogP contribution in [0.2, 0.25) is 5.02 Å². The lowest BCUT2D eigenvalue weighted by Crippen LogP contribution is -2.67. The summed E-state index contributed by atoms with van der Waals surface area (Å²) in [7, 11) is 0. The fraction of sp³-hybridized carbons (Fsp3) is 0.560. The van der Waals surface area contributed by atoms with Crippen molar-refractivity contribution < 1.29 is 14.6 Å². The average Bonchev–Trinajstić information content (AvgIpc) is 3.03. The first-order chi connectivity index (χ1) is 16.3. The van der Waals surface area contributed by atoms with Crippen molar-refractivity contribution >= 4 is 29.1 Å². The molecule has 1 aromatic carbocycles. The van der Waals surface area contributed by atoms with Crippen LogP contribution in [0.5, 0.6) is 5.75 Å². The Morgan fingerprint density at radius 2 is 1.88 bits per heavy atom. The Morgan fingerprint density at radius 1 is 1.18 bits per heavy atom. The Hall–Kier alpha value is -2.42. The van der Waals surface area contributed by atoms with Crippen LogP contribution in [0, 0.1) is 5.41 Å². The molecule has 4 heterocycles. The Kier molecular flexibility index (Phi) is 5.06. The molecule has 1 aromatic heterocycles. The van der Waals surface area contributed by atoms with E-state index in [1.54, 1.807) is 12.4 Å². The summed E-state index contributed by atoms with van der Waals surface area (Å²) < 4.78 is 5.89. The van der Waals surface area contributed by atoms with Crippen LogP contribution in [-0.2, 0) is 10.2 Å².